The number of rotatable bonds is 4. The highest BCUT2D eigenvalue weighted by Gasteiger charge is 2.01. The van der Waals surface area contributed by atoms with Crippen LogP contribution in [0.1, 0.15) is 5.56 Å². The molecular formula is C14H13ClN2OS. The second kappa shape index (κ2) is 6.41. The van der Waals surface area contributed by atoms with E-state index in [1.54, 1.807) is 6.07 Å². The summed E-state index contributed by atoms with van der Waals surface area (Å²) in [5.41, 5.74) is 7.27. The van der Waals surface area contributed by atoms with Crippen LogP contribution in [0.2, 0.25) is 5.02 Å². The maximum Gasteiger partial charge on any atom is 0.168 e. The van der Waals surface area contributed by atoms with E-state index in [4.69, 9.17) is 34.3 Å². The number of ether oxygens (including phenoxy) is 1. The van der Waals surface area contributed by atoms with Gasteiger partial charge in [-0.2, -0.15) is 0 Å². The lowest BCUT2D eigenvalue weighted by Gasteiger charge is -2.09. The van der Waals surface area contributed by atoms with Gasteiger partial charge in [-0.15, -0.1) is 0 Å². The van der Waals surface area contributed by atoms with E-state index in [1.165, 1.54) is 0 Å². The third-order valence-corrected chi connectivity index (χ3v) is 2.84. The SMILES string of the molecule is NC(=S)Nc1cccc(COc2ccccc2Cl)c1. The van der Waals surface area contributed by atoms with Crippen molar-refractivity contribution < 1.29 is 4.74 Å². The molecule has 0 unspecified atom stereocenters. The minimum Gasteiger partial charge on any atom is -0.487 e. The summed E-state index contributed by atoms with van der Waals surface area (Å²) in [6.07, 6.45) is 0. The zero-order valence-electron chi connectivity index (χ0n) is 10.1. The van der Waals surface area contributed by atoms with Crippen LogP contribution in [0.15, 0.2) is 48.5 Å². The lowest BCUT2D eigenvalue weighted by atomic mass is 10.2. The summed E-state index contributed by atoms with van der Waals surface area (Å²) < 4.78 is 5.66. The van der Waals surface area contributed by atoms with Crippen LogP contribution in [0.3, 0.4) is 0 Å². The molecule has 2 aromatic carbocycles. The Morgan fingerprint density at radius 1 is 1.21 bits per heavy atom. The molecule has 2 aromatic rings. The fourth-order valence-electron chi connectivity index (χ4n) is 1.60. The van der Waals surface area contributed by atoms with Crippen LogP contribution in [0.25, 0.3) is 0 Å². The van der Waals surface area contributed by atoms with E-state index in [-0.39, 0.29) is 5.11 Å². The Morgan fingerprint density at radius 2 is 2.00 bits per heavy atom. The predicted octanol–water partition coefficient (Wildman–Crippen LogP) is 3.57. The third-order valence-electron chi connectivity index (χ3n) is 2.43. The van der Waals surface area contributed by atoms with E-state index >= 15 is 0 Å². The van der Waals surface area contributed by atoms with Crippen LogP contribution in [0.4, 0.5) is 5.69 Å². The molecule has 0 bridgehead atoms. The molecule has 3 nitrogen and oxygen atoms in total. The molecule has 0 aliphatic heterocycles. The third kappa shape index (κ3) is 4.12. The molecule has 0 aromatic heterocycles. The van der Waals surface area contributed by atoms with Crippen molar-refractivity contribution in [2.75, 3.05) is 5.32 Å². The normalized spacial score (nSPS) is 9.95. The number of thiocarbonyl (C=S) groups is 1. The van der Waals surface area contributed by atoms with Gasteiger partial charge in [0.25, 0.3) is 0 Å². The highest BCUT2D eigenvalue weighted by molar-refractivity contribution is 7.80. The number of nitrogens with one attached hydrogen (secondary N) is 1. The van der Waals surface area contributed by atoms with Crippen molar-refractivity contribution in [3.05, 3.63) is 59.1 Å². The molecule has 0 atom stereocenters. The molecule has 0 heterocycles. The molecule has 19 heavy (non-hydrogen) atoms. The second-order valence-corrected chi connectivity index (χ2v) is 4.76. The molecule has 0 saturated carbocycles. The standard InChI is InChI=1S/C14H13ClN2OS/c15-12-6-1-2-7-13(12)18-9-10-4-3-5-11(8-10)17-14(16)19/h1-8H,9H2,(H3,16,17,19). The molecule has 0 saturated heterocycles. The van der Waals surface area contributed by atoms with Crippen LogP contribution in [0.5, 0.6) is 5.75 Å². The van der Waals surface area contributed by atoms with Crippen molar-refractivity contribution >= 4 is 34.6 Å². The molecule has 5 heteroatoms. The molecular weight excluding hydrogens is 280 g/mol. The summed E-state index contributed by atoms with van der Waals surface area (Å²) in [6.45, 7) is 0.427. The summed E-state index contributed by atoms with van der Waals surface area (Å²) in [5.74, 6) is 0.664. The molecule has 98 valence electrons. The van der Waals surface area contributed by atoms with Crippen LogP contribution in [0, 0.1) is 0 Å². The fourth-order valence-corrected chi connectivity index (χ4v) is 1.91. The average Bonchev–Trinajstić information content (AvgIpc) is 2.37. The first-order valence-corrected chi connectivity index (χ1v) is 6.46. The number of hydrogen-bond donors (Lipinski definition) is 2. The van der Waals surface area contributed by atoms with Crippen LogP contribution >= 0.6 is 23.8 Å². The van der Waals surface area contributed by atoms with E-state index in [2.05, 4.69) is 5.32 Å². The molecule has 0 radical (unpaired) electrons. The first-order valence-electron chi connectivity index (χ1n) is 5.68. The van der Waals surface area contributed by atoms with E-state index in [9.17, 15) is 0 Å². The van der Waals surface area contributed by atoms with Gasteiger partial charge in [0.1, 0.15) is 12.4 Å². The first-order chi connectivity index (χ1) is 9.15. The zero-order valence-corrected chi connectivity index (χ0v) is 11.7. The maximum absolute atomic E-state index is 6.02. The smallest absolute Gasteiger partial charge is 0.168 e. The van der Waals surface area contributed by atoms with Gasteiger partial charge >= 0.3 is 0 Å². The highest BCUT2D eigenvalue weighted by Crippen LogP contribution is 2.24. The molecule has 0 spiro atoms. The van der Waals surface area contributed by atoms with E-state index in [0.29, 0.717) is 17.4 Å². The van der Waals surface area contributed by atoms with Gasteiger partial charge in [0.2, 0.25) is 0 Å². The van der Waals surface area contributed by atoms with Gasteiger partial charge in [-0.3, -0.25) is 0 Å². The lowest BCUT2D eigenvalue weighted by molar-refractivity contribution is 0.306. The Bertz CT molecular complexity index is 589. The molecule has 0 fully saturated rings. The van der Waals surface area contributed by atoms with Crippen molar-refractivity contribution in [1.82, 2.24) is 0 Å². The molecule has 0 aliphatic carbocycles. The van der Waals surface area contributed by atoms with E-state index in [1.807, 2.05) is 42.5 Å². The molecule has 0 aliphatic rings. The number of hydrogen-bond acceptors (Lipinski definition) is 2. The van der Waals surface area contributed by atoms with Gasteiger partial charge in [0, 0.05) is 5.69 Å². The average molecular weight is 293 g/mol. The number of halogens is 1. The van der Waals surface area contributed by atoms with Gasteiger partial charge in [-0.25, -0.2) is 0 Å². The largest absolute Gasteiger partial charge is 0.487 e. The quantitative estimate of drug-likeness (QED) is 0.846. The van der Waals surface area contributed by atoms with Crippen molar-refractivity contribution in [1.29, 1.82) is 0 Å². The highest BCUT2D eigenvalue weighted by atomic mass is 35.5. The minimum atomic E-state index is 0.240. The second-order valence-electron chi connectivity index (χ2n) is 3.91. The number of benzene rings is 2. The monoisotopic (exact) mass is 292 g/mol. The molecule has 2 rings (SSSR count). The summed E-state index contributed by atoms with van der Waals surface area (Å²) >= 11 is 10.8. The van der Waals surface area contributed by atoms with Gasteiger partial charge in [0.15, 0.2) is 5.11 Å². The predicted molar refractivity (Wildman–Crippen MR) is 82.6 cm³/mol. The number of anilines is 1. The Balaban J connectivity index is 2.03. The Labute approximate surface area is 122 Å². The summed E-state index contributed by atoms with van der Waals surface area (Å²) in [5, 5.41) is 3.72. The zero-order chi connectivity index (χ0) is 13.7. The summed E-state index contributed by atoms with van der Waals surface area (Å²) in [6, 6.07) is 15.1. The molecule has 3 N–H and O–H groups in total. The fraction of sp³-hybridized carbons (Fsp3) is 0.0714. The van der Waals surface area contributed by atoms with Crippen LogP contribution in [-0.4, -0.2) is 5.11 Å². The van der Waals surface area contributed by atoms with Crippen molar-refractivity contribution in [2.45, 2.75) is 6.61 Å². The van der Waals surface area contributed by atoms with E-state index in [0.717, 1.165) is 11.3 Å². The van der Waals surface area contributed by atoms with Gasteiger partial charge in [-0.05, 0) is 42.0 Å². The summed E-state index contributed by atoms with van der Waals surface area (Å²) in [7, 11) is 0. The minimum absolute atomic E-state index is 0.240. The Kier molecular flexibility index (Phi) is 4.60. The van der Waals surface area contributed by atoms with Gasteiger partial charge < -0.3 is 15.8 Å². The Morgan fingerprint density at radius 3 is 2.74 bits per heavy atom. The number of nitrogens with two attached hydrogens (primary N) is 1. The molecule has 0 amide bonds. The van der Waals surface area contributed by atoms with E-state index < -0.39 is 0 Å². The Hall–Kier alpha value is -1.78. The summed E-state index contributed by atoms with van der Waals surface area (Å²) in [4.78, 5) is 0. The lowest BCUT2D eigenvalue weighted by Crippen LogP contribution is -2.18. The van der Waals surface area contributed by atoms with Crippen molar-refractivity contribution in [2.24, 2.45) is 5.73 Å². The van der Waals surface area contributed by atoms with Crippen molar-refractivity contribution in [3.63, 3.8) is 0 Å². The van der Waals surface area contributed by atoms with Gasteiger partial charge in [-0.1, -0.05) is 35.9 Å². The van der Waals surface area contributed by atoms with Crippen molar-refractivity contribution in [3.8, 4) is 5.75 Å². The topological polar surface area (TPSA) is 47.3 Å². The maximum atomic E-state index is 6.02. The van der Waals surface area contributed by atoms with Gasteiger partial charge in [0.05, 0.1) is 5.02 Å². The first kappa shape index (κ1) is 13.6. The van der Waals surface area contributed by atoms with Crippen LogP contribution < -0.4 is 15.8 Å². The number of para-hydroxylation sites is 1. The van der Waals surface area contributed by atoms with Crippen LogP contribution in [-0.2, 0) is 6.61 Å².